The Morgan fingerprint density at radius 2 is 0.500 bits per heavy atom. The summed E-state index contributed by atoms with van der Waals surface area (Å²) in [7, 11) is 1.83. The zero-order chi connectivity index (χ0) is 83.3. The van der Waals surface area contributed by atoms with Gasteiger partial charge in [-0.2, -0.15) is 0 Å². The standard InChI is InChI=1S/C23H34O2.C22H32O2.C21H28O2.4C10H14O/c1-4-16(3)20-6-8-21(9-7-20)25-22(24-5-2)23-13-17-10-18(14-23)12-19(11-17)15-23;1-4-15(2)19-5-7-20(8-6-19)24-21(23-3)22-12-16-9-17(13-22)11-18(10-16)14-22;1-3-14(2)18-4-6-19(7-5-18)23-20(22)21-11-15-8-16(12-21)10-17(9-15)13-21;4*1-3-8(2)9-4-6-10(11)7-5-9/h6-9,16-19,22H,4-5,10-15H2,1-3H3;5-8,15-18,21H,4,9-14H2,1-3H3;4-7,14-17H,3,8-13H2,1-2H3;4*4-8,11H,3H2,1-2H3. The number of phenols is 4. The van der Waals surface area contributed by atoms with Gasteiger partial charge in [-0.15, -0.1) is 0 Å². The van der Waals surface area contributed by atoms with Crippen molar-refractivity contribution in [1.29, 1.82) is 0 Å². The molecule has 0 spiro atoms. The summed E-state index contributed by atoms with van der Waals surface area (Å²) < 4.78 is 30.8. The van der Waals surface area contributed by atoms with Crippen molar-refractivity contribution in [2.75, 3.05) is 13.7 Å². The lowest BCUT2D eigenvalue weighted by molar-refractivity contribution is -0.213. The van der Waals surface area contributed by atoms with E-state index in [2.05, 4.69) is 165 Å². The van der Waals surface area contributed by atoms with Crippen molar-refractivity contribution in [1.82, 2.24) is 0 Å². The first-order valence-electron chi connectivity index (χ1n) is 45.9. The summed E-state index contributed by atoms with van der Waals surface area (Å²) in [5.41, 5.74) is 9.67. The molecule has 12 aliphatic rings. The van der Waals surface area contributed by atoms with Crippen molar-refractivity contribution >= 4 is 5.97 Å². The van der Waals surface area contributed by atoms with Gasteiger partial charge in [0.1, 0.15) is 40.2 Å². The average molecular weight is 1580 g/mol. The van der Waals surface area contributed by atoms with Crippen molar-refractivity contribution in [3.05, 3.63) is 209 Å². The first-order valence-corrected chi connectivity index (χ1v) is 45.9. The molecule has 7 aromatic carbocycles. The van der Waals surface area contributed by atoms with Crippen LogP contribution < -0.4 is 14.2 Å². The van der Waals surface area contributed by atoms with Crippen molar-refractivity contribution < 1.29 is 48.9 Å². The molecule has 0 radical (unpaired) electrons. The second kappa shape index (κ2) is 43.1. The number of carbonyl (C=O) groups is 1. The highest BCUT2D eigenvalue weighted by Gasteiger charge is 2.58. The lowest BCUT2D eigenvalue weighted by atomic mass is 9.49. The number of esters is 1. The van der Waals surface area contributed by atoms with Crippen LogP contribution in [-0.4, -0.2) is 52.7 Å². The van der Waals surface area contributed by atoms with Gasteiger partial charge in [-0.25, -0.2) is 0 Å². The number of phenolic OH excluding ortho intramolecular Hbond substituents is 4. The molecule has 0 heterocycles. The zero-order valence-electron chi connectivity index (χ0n) is 74.2. The number of rotatable bonds is 25. The molecule has 19 rings (SSSR count). The molecule has 10 heteroatoms. The predicted octanol–water partition coefficient (Wildman–Crippen LogP) is 28.9. The van der Waals surface area contributed by atoms with Gasteiger partial charge in [-0.1, -0.05) is 182 Å². The molecule has 4 N–H and O–H groups in total. The maximum Gasteiger partial charge on any atom is 0.317 e. The van der Waals surface area contributed by atoms with E-state index in [0.29, 0.717) is 64.4 Å². The molecule has 0 aromatic heterocycles. The Morgan fingerprint density at radius 1 is 0.302 bits per heavy atom. The Morgan fingerprint density at radius 3 is 0.716 bits per heavy atom. The third kappa shape index (κ3) is 24.5. The van der Waals surface area contributed by atoms with Gasteiger partial charge in [0.15, 0.2) is 0 Å². The number of carbonyl (C=O) groups excluding carboxylic acids is 1. The number of hydrogen-bond acceptors (Lipinski definition) is 10. The molecule has 12 bridgehead atoms. The van der Waals surface area contributed by atoms with Gasteiger partial charge < -0.3 is 44.1 Å². The van der Waals surface area contributed by atoms with Crippen LogP contribution in [0.5, 0.6) is 40.2 Å². The van der Waals surface area contributed by atoms with Crippen LogP contribution in [0.2, 0.25) is 0 Å². The van der Waals surface area contributed by atoms with Crippen molar-refractivity contribution in [2.24, 2.45) is 69.5 Å². The molecule has 0 aliphatic heterocycles. The van der Waals surface area contributed by atoms with E-state index in [4.69, 9.17) is 44.1 Å². The highest BCUT2D eigenvalue weighted by molar-refractivity contribution is 5.80. The molecule has 12 fully saturated rings. The van der Waals surface area contributed by atoms with Crippen LogP contribution in [0.1, 0.15) is 345 Å². The van der Waals surface area contributed by atoms with E-state index in [1.165, 1.54) is 148 Å². The number of ether oxygens (including phenoxy) is 5. The molecule has 7 aromatic rings. The minimum absolute atomic E-state index is 0.0490. The molecule has 116 heavy (non-hydrogen) atoms. The number of benzene rings is 7. The Hall–Kier alpha value is -7.27. The average Bonchev–Trinajstić information content (AvgIpc) is 0.747. The van der Waals surface area contributed by atoms with Gasteiger partial charge in [-0.3, -0.25) is 4.79 Å². The van der Waals surface area contributed by atoms with Crippen molar-refractivity contribution in [3.63, 3.8) is 0 Å². The van der Waals surface area contributed by atoms with Gasteiger partial charge in [0.2, 0.25) is 12.6 Å². The minimum atomic E-state index is -0.163. The number of methoxy groups -OCH3 is 1. The number of hydrogen-bond donors (Lipinski definition) is 4. The van der Waals surface area contributed by atoms with E-state index in [9.17, 15) is 4.79 Å². The summed E-state index contributed by atoms with van der Waals surface area (Å²) in [6.45, 7) is 33.7. The second-order valence-corrected chi connectivity index (χ2v) is 38.0. The van der Waals surface area contributed by atoms with Crippen LogP contribution >= 0.6 is 0 Å². The maximum absolute atomic E-state index is 12.9. The van der Waals surface area contributed by atoms with E-state index in [1.54, 1.807) is 48.5 Å². The van der Waals surface area contributed by atoms with Crippen LogP contribution in [0, 0.1) is 69.5 Å². The summed E-state index contributed by atoms with van der Waals surface area (Å²) in [5.74, 6) is 16.1. The number of aromatic hydroxyl groups is 4. The van der Waals surface area contributed by atoms with Gasteiger partial charge >= 0.3 is 5.97 Å². The zero-order valence-corrected chi connectivity index (χ0v) is 74.2. The summed E-state index contributed by atoms with van der Waals surface area (Å²) in [6.07, 6.45) is 31.8. The summed E-state index contributed by atoms with van der Waals surface area (Å²) in [6, 6.07) is 55.3. The second-order valence-electron chi connectivity index (χ2n) is 38.0. The largest absolute Gasteiger partial charge is 0.508 e. The Kier molecular flexibility index (Phi) is 33.8. The third-order valence-electron chi connectivity index (χ3n) is 29.4. The lowest BCUT2D eigenvalue weighted by Crippen LogP contribution is -2.54. The van der Waals surface area contributed by atoms with Gasteiger partial charge in [-0.05, 0) is 386 Å². The fourth-order valence-electron chi connectivity index (χ4n) is 22.1. The molecule has 12 saturated carbocycles. The van der Waals surface area contributed by atoms with Crippen molar-refractivity contribution in [3.8, 4) is 40.2 Å². The van der Waals surface area contributed by atoms with E-state index in [0.717, 1.165) is 128 Å². The quantitative estimate of drug-likeness (QED) is 0.0248. The summed E-state index contributed by atoms with van der Waals surface area (Å²) in [4.78, 5) is 12.9. The van der Waals surface area contributed by atoms with Crippen LogP contribution in [0.25, 0.3) is 0 Å². The molecule has 634 valence electrons. The highest BCUT2D eigenvalue weighted by Crippen LogP contribution is 2.64. The van der Waals surface area contributed by atoms with Gasteiger partial charge in [0, 0.05) is 24.5 Å². The smallest absolute Gasteiger partial charge is 0.317 e. The van der Waals surface area contributed by atoms with Crippen molar-refractivity contribution in [2.45, 2.75) is 318 Å². The van der Waals surface area contributed by atoms with E-state index >= 15 is 0 Å². The monoisotopic (exact) mass is 1580 g/mol. The summed E-state index contributed by atoms with van der Waals surface area (Å²) in [5, 5.41) is 36.0. The van der Waals surface area contributed by atoms with Crippen LogP contribution in [0.15, 0.2) is 170 Å². The fraction of sp³-hybridized carbons (Fsp3) is 0.594. The molecule has 10 nitrogen and oxygen atoms in total. The van der Waals surface area contributed by atoms with Crippen LogP contribution in [0.3, 0.4) is 0 Å². The Labute approximate surface area is 701 Å². The third-order valence-corrected chi connectivity index (χ3v) is 29.4. The molecule has 9 atom stereocenters. The molecule has 0 amide bonds. The molecular formula is C106H150O10. The molecule has 9 unspecified atom stereocenters. The normalized spacial score (nSPS) is 27.3. The highest BCUT2D eigenvalue weighted by atomic mass is 16.7. The molecule has 12 aliphatic carbocycles. The fourth-order valence-corrected chi connectivity index (χ4v) is 22.1. The van der Waals surface area contributed by atoms with Gasteiger partial charge in [0.05, 0.1) is 5.41 Å². The van der Waals surface area contributed by atoms with E-state index in [1.807, 2.05) is 67.8 Å². The minimum Gasteiger partial charge on any atom is -0.508 e. The maximum atomic E-state index is 12.9. The van der Waals surface area contributed by atoms with E-state index in [-0.39, 0.29) is 34.8 Å². The Balaban J connectivity index is 0.000000148. The first kappa shape index (κ1) is 91.0. The van der Waals surface area contributed by atoms with Crippen LogP contribution in [-0.2, 0) is 14.3 Å². The Bertz CT molecular complexity index is 3680. The van der Waals surface area contributed by atoms with Gasteiger partial charge in [0.25, 0.3) is 0 Å². The lowest BCUT2D eigenvalue weighted by Gasteiger charge is -2.58. The topological polar surface area (TPSA) is 144 Å². The van der Waals surface area contributed by atoms with Crippen LogP contribution in [0.4, 0.5) is 0 Å². The predicted molar refractivity (Wildman–Crippen MR) is 478 cm³/mol. The first-order chi connectivity index (χ1) is 55.8. The SMILES string of the molecule is CCC(C)c1ccc(O)cc1.CCC(C)c1ccc(O)cc1.CCC(C)c1ccc(O)cc1.CCC(C)c1ccc(O)cc1.CCC(C)c1ccc(OC(=O)C23CC4CC(CC(C4)C2)C3)cc1.CCC(C)c1ccc(OC(OC)C23CC4CC(CC(C4)C2)C3)cc1.CCOC(Oc1ccc(C(C)CC)cc1)C12CC3CC(CC(C3)C1)C2. The van der Waals surface area contributed by atoms with E-state index < -0.39 is 0 Å². The summed E-state index contributed by atoms with van der Waals surface area (Å²) >= 11 is 0. The molecule has 0 saturated heterocycles. The molecular weight excluding hydrogens is 1430 g/mol.